The number of aryl methyl sites for hydroxylation is 2. The molecule has 1 aliphatic carbocycles. The van der Waals surface area contributed by atoms with E-state index in [1.165, 1.54) is 30.6 Å². The molecule has 2 heterocycles. The zero-order chi connectivity index (χ0) is 16.6. The van der Waals surface area contributed by atoms with E-state index < -0.39 is 0 Å². The van der Waals surface area contributed by atoms with Crippen LogP contribution in [0.3, 0.4) is 0 Å². The molecule has 0 radical (unpaired) electrons. The molecule has 6 heteroatoms. The van der Waals surface area contributed by atoms with Crippen LogP contribution in [0.1, 0.15) is 36.7 Å². The lowest BCUT2D eigenvalue weighted by Gasteiger charge is -2.20. The first-order valence-corrected chi connectivity index (χ1v) is 8.70. The first-order chi connectivity index (χ1) is 11.0. The van der Waals surface area contributed by atoms with Gasteiger partial charge in [0.15, 0.2) is 5.96 Å². The molecule has 1 saturated heterocycles. The molecule has 0 bridgehead atoms. The van der Waals surface area contributed by atoms with Crippen molar-refractivity contribution in [2.24, 2.45) is 18.0 Å². The fourth-order valence-electron chi connectivity index (χ4n) is 3.55. The van der Waals surface area contributed by atoms with Gasteiger partial charge in [0.1, 0.15) is 0 Å². The Hall–Kier alpha value is -1.56. The Balaban J connectivity index is 1.56. The van der Waals surface area contributed by atoms with E-state index in [1.807, 2.05) is 18.8 Å². The highest BCUT2D eigenvalue weighted by Crippen LogP contribution is 2.31. The van der Waals surface area contributed by atoms with Gasteiger partial charge in [-0.1, -0.05) is 6.92 Å². The average Bonchev–Trinajstić information content (AvgIpc) is 3.26. The van der Waals surface area contributed by atoms with Crippen molar-refractivity contribution >= 4 is 5.96 Å². The van der Waals surface area contributed by atoms with Crippen LogP contribution in [0.2, 0.25) is 0 Å². The standard InChI is InChI=1S/C17H30N6/c1-11-9-23(14-6-7-14)10-16(11)20-17(18-4)19-8-15-12(2)21-22(5)13(15)3/h11,14,16H,6-10H2,1-5H3,(H2,18,19,20). The number of hydrogen-bond donors (Lipinski definition) is 2. The predicted molar refractivity (Wildman–Crippen MR) is 93.6 cm³/mol. The molecule has 2 aliphatic rings. The normalized spacial score (nSPS) is 25.9. The maximum atomic E-state index is 4.48. The van der Waals surface area contributed by atoms with Crippen molar-refractivity contribution < 1.29 is 0 Å². The summed E-state index contributed by atoms with van der Waals surface area (Å²) in [4.78, 5) is 7.03. The van der Waals surface area contributed by atoms with E-state index in [2.05, 4.69) is 46.4 Å². The number of guanidine groups is 1. The highest BCUT2D eigenvalue weighted by Gasteiger charge is 2.38. The molecule has 2 unspecified atom stereocenters. The van der Waals surface area contributed by atoms with Crippen LogP contribution in [0.15, 0.2) is 4.99 Å². The van der Waals surface area contributed by atoms with Gasteiger partial charge in [-0.05, 0) is 32.6 Å². The first-order valence-electron chi connectivity index (χ1n) is 8.70. The molecule has 23 heavy (non-hydrogen) atoms. The summed E-state index contributed by atoms with van der Waals surface area (Å²) in [5, 5.41) is 11.5. The molecule has 1 aromatic heterocycles. The highest BCUT2D eigenvalue weighted by molar-refractivity contribution is 5.80. The number of nitrogens with one attached hydrogen (secondary N) is 2. The largest absolute Gasteiger partial charge is 0.352 e. The maximum Gasteiger partial charge on any atom is 0.191 e. The number of likely N-dealkylation sites (tertiary alicyclic amines) is 1. The average molecular weight is 318 g/mol. The van der Waals surface area contributed by atoms with Gasteiger partial charge in [-0.25, -0.2) is 0 Å². The minimum atomic E-state index is 0.484. The smallest absolute Gasteiger partial charge is 0.191 e. The first kappa shape index (κ1) is 16.3. The van der Waals surface area contributed by atoms with Crippen LogP contribution in [-0.2, 0) is 13.6 Å². The summed E-state index contributed by atoms with van der Waals surface area (Å²) in [6.45, 7) is 9.62. The van der Waals surface area contributed by atoms with Crippen molar-refractivity contribution in [1.82, 2.24) is 25.3 Å². The number of aliphatic imine (C=N–C) groups is 1. The Morgan fingerprint density at radius 1 is 1.30 bits per heavy atom. The molecule has 3 rings (SSSR count). The van der Waals surface area contributed by atoms with Crippen molar-refractivity contribution in [3.63, 3.8) is 0 Å². The monoisotopic (exact) mass is 318 g/mol. The molecule has 1 saturated carbocycles. The fourth-order valence-corrected chi connectivity index (χ4v) is 3.55. The van der Waals surface area contributed by atoms with Crippen LogP contribution in [0.25, 0.3) is 0 Å². The number of hydrogen-bond acceptors (Lipinski definition) is 3. The molecule has 0 amide bonds. The summed E-state index contributed by atoms with van der Waals surface area (Å²) < 4.78 is 1.94. The SMILES string of the molecule is CN=C(NCc1c(C)nn(C)c1C)NC1CN(C2CC2)CC1C. The third-order valence-electron chi connectivity index (χ3n) is 5.34. The molecular formula is C17H30N6. The van der Waals surface area contributed by atoms with Gasteiger partial charge in [-0.3, -0.25) is 14.6 Å². The maximum absolute atomic E-state index is 4.48. The lowest BCUT2D eigenvalue weighted by molar-refractivity contribution is 0.315. The van der Waals surface area contributed by atoms with Crippen LogP contribution < -0.4 is 10.6 Å². The minimum Gasteiger partial charge on any atom is -0.352 e. The summed E-state index contributed by atoms with van der Waals surface area (Å²) in [5.74, 6) is 1.55. The topological polar surface area (TPSA) is 57.5 Å². The van der Waals surface area contributed by atoms with E-state index in [9.17, 15) is 0 Å². The van der Waals surface area contributed by atoms with Gasteiger partial charge < -0.3 is 10.6 Å². The fraction of sp³-hybridized carbons (Fsp3) is 0.765. The van der Waals surface area contributed by atoms with Gasteiger partial charge in [-0.2, -0.15) is 5.10 Å². The van der Waals surface area contributed by atoms with E-state index in [0.29, 0.717) is 12.0 Å². The predicted octanol–water partition coefficient (Wildman–Crippen LogP) is 1.18. The minimum absolute atomic E-state index is 0.484. The second-order valence-corrected chi connectivity index (χ2v) is 7.11. The lowest BCUT2D eigenvalue weighted by Crippen LogP contribution is -2.46. The summed E-state index contributed by atoms with van der Waals surface area (Å²) in [6, 6.07) is 1.33. The zero-order valence-electron chi connectivity index (χ0n) is 15.1. The highest BCUT2D eigenvalue weighted by atomic mass is 15.3. The Morgan fingerprint density at radius 3 is 2.61 bits per heavy atom. The van der Waals surface area contributed by atoms with Crippen LogP contribution in [0.4, 0.5) is 0 Å². The molecule has 0 spiro atoms. The molecule has 1 aliphatic heterocycles. The van der Waals surface area contributed by atoms with E-state index in [4.69, 9.17) is 0 Å². The molecule has 0 aromatic carbocycles. The van der Waals surface area contributed by atoms with Crippen LogP contribution >= 0.6 is 0 Å². The summed E-state index contributed by atoms with van der Waals surface area (Å²) in [6.07, 6.45) is 2.76. The third-order valence-corrected chi connectivity index (χ3v) is 5.34. The van der Waals surface area contributed by atoms with Crippen LogP contribution in [0, 0.1) is 19.8 Å². The summed E-state index contributed by atoms with van der Waals surface area (Å²) >= 11 is 0. The van der Waals surface area contributed by atoms with Crippen LogP contribution in [0.5, 0.6) is 0 Å². The second kappa shape index (κ2) is 6.51. The van der Waals surface area contributed by atoms with Crippen LogP contribution in [-0.4, -0.2) is 52.9 Å². The Bertz CT molecular complexity index is 586. The molecule has 2 atom stereocenters. The summed E-state index contributed by atoms with van der Waals surface area (Å²) in [7, 11) is 3.84. The second-order valence-electron chi connectivity index (χ2n) is 7.11. The van der Waals surface area contributed by atoms with Crippen molar-refractivity contribution in [3.8, 4) is 0 Å². The molecule has 128 valence electrons. The Kier molecular flexibility index (Phi) is 4.62. The van der Waals surface area contributed by atoms with E-state index in [1.54, 1.807) is 0 Å². The Morgan fingerprint density at radius 2 is 2.04 bits per heavy atom. The number of rotatable bonds is 4. The van der Waals surface area contributed by atoms with E-state index >= 15 is 0 Å². The van der Waals surface area contributed by atoms with Crippen molar-refractivity contribution in [1.29, 1.82) is 0 Å². The Labute approximate surface area is 139 Å². The van der Waals surface area contributed by atoms with Crippen molar-refractivity contribution in [3.05, 3.63) is 17.0 Å². The van der Waals surface area contributed by atoms with Crippen molar-refractivity contribution in [2.75, 3.05) is 20.1 Å². The van der Waals surface area contributed by atoms with E-state index in [0.717, 1.165) is 30.8 Å². The summed E-state index contributed by atoms with van der Waals surface area (Å²) in [5.41, 5.74) is 3.55. The lowest BCUT2D eigenvalue weighted by atomic mass is 10.1. The zero-order valence-corrected chi connectivity index (χ0v) is 15.1. The van der Waals surface area contributed by atoms with Gasteiger partial charge in [0.05, 0.1) is 5.69 Å². The molecule has 2 fully saturated rings. The number of nitrogens with zero attached hydrogens (tertiary/aromatic N) is 4. The van der Waals surface area contributed by atoms with Gasteiger partial charge in [0, 0.05) is 57.1 Å². The van der Waals surface area contributed by atoms with Gasteiger partial charge >= 0.3 is 0 Å². The van der Waals surface area contributed by atoms with Gasteiger partial charge in [0.2, 0.25) is 0 Å². The van der Waals surface area contributed by atoms with Crippen molar-refractivity contribution in [2.45, 2.75) is 52.2 Å². The van der Waals surface area contributed by atoms with Gasteiger partial charge in [0.25, 0.3) is 0 Å². The third kappa shape index (κ3) is 3.52. The molecular weight excluding hydrogens is 288 g/mol. The molecule has 1 aromatic rings. The quantitative estimate of drug-likeness (QED) is 0.647. The number of aromatic nitrogens is 2. The molecule has 6 nitrogen and oxygen atoms in total. The van der Waals surface area contributed by atoms with E-state index in [-0.39, 0.29) is 0 Å². The van der Waals surface area contributed by atoms with Gasteiger partial charge in [-0.15, -0.1) is 0 Å². The molecule has 2 N–H and O–H groups in total.